The summed E-state index contributed by atoms with van der Waals surface area (Å²) >= 11 is 0. The lowest BCUT2D eigenvalue weighted by atomic mass is 9.98. The van der Waals surface area contributed by atoms with E-state index in [9.17, 15) is 9.18 Å². The molecule has 2 aromatic rings. The van der Waals surface area contributed by atoms with Crippen molar-refractivity contribution in [3.63, 3.8) is 0 Å². The van der Waals surface area contributed by atoms with Crippen molar-refractivity contribution in [1.82, 2.24) is 14.9 Å². The number of ether oxygens (including phenoxy) is 2. The maximum absolute atomic E-state index is 13.7. The molecule has 4 rings (SSSR count). The summed E-state index contributed by atoms with van der Waals surface area (Å²) in [4.78, 5) is 22.8. The summed E-state index contributed by atoms with van der Waals surface area (Å²) in [6.45, 7) is 3.52. The summed E-state index contributed by atoms with van der Waals surface area (Å²) in [6.07, 6.45) is 5.06. The van der Waals surface area contributed by atoms with E-state index >= 15 is 0 Å². The highest BCUT2D eigenvalue weighted by Crippen LogP contribution is 2.37. The predicted molar refractivity (Wildman–Crippen MR) is 96.0 cm³/mol. The molecule has 0 aromatic carbocycles. The van der Waals surface area contributed by atoms with Gasteiger partial charge in [0.15, 0.2) is 5.82 Å². The minimum absolute atomic E-state index is 0.00355. The average Bonchev–Trinajstić information content (AvgIpc) is 3.30. The van der Waals surface area contributed by atoms with Gasteiger partial charge in [-0.2, -0.15) is 0 Å². The van der Waals surface area contributed by atoms with Gasteiger partial charge in [0.2, 0.25) is 0 Å². The van der Waals surface area contributed by atoms with Crippen LogP contribution in [0.3, 0.4) is 0 Å². The molecule has 4 heterocycles. The predicted octanol–water partition coefficient (Wildman–Crippen LogP) is 2.63. The summed E-state index contributed by atoms with van der Waals surface area (Å²) in [5.41, 5.74) is 1.12. The molecular weight excluding hydrogens is 349 g/mol. The molecule has 142 valence electrons. The first-order valence-electron chi connectivity index (χ1n) is 9.24. The Bertz CT molecular complexity index is 829. The van der Waals surface area contributed by atoms with E-state index in [4.69, 9.17) is 9.47 Å². The monoisotopic (exact) mass is 371 g/mol. The zero-order valence-corrected chi connectivity index (χ0v) is 15.2. The molecule has 1 amide bonds. The van der Waals surface area contributed by atoms with Crippen molar-refractivity contribution in [2.75, 3.05) is 19.7 Å². The van der Waals surface area contributed by atoms with Gasteiger partial charge in [-0.1, -0.05) is 6.92 Å². The number of hydrogen-bond acceptors (Lipinski definition) is 5. The molecule has 0 bridgehead atoms. The fourth-order valence-corrected chi connectivity index (χ4v) is 3.74. The van der Waals surface area contributed by atoms with Crippen molar-refractivity contribution in [3.05, 3.63) is 53.7 Å². The Labute approximate surface area is 157 Å². The van der Waals surface area contributed by atoms with Crippen LogP contribution in [0.4, 0.5) is 4.39 Å². The Morgan fingerprint density at radius 3 is 3.04 bits per heavy atom. The third-order valence-corrected chi connectivity index (χ3v) is 5.22. The number of aromatic nitrogens is 2. The first-order valence-corrected chi connectivity index (χ1v) is 9.24. The van der Waals surface area contributed by atoms with Crippen LogP contribution in [0.25, 0.3) is 0 Å². The van der Waals surface area contributed by atoms with Crippen LogP contribution in [0.5, 0.6) is 5.88 Å². The number of nitrogens with zero attached hydrogens (tertiary/aromatic N) is 3. The summed E-state index contributed by atoms with van der Waals surface area (Å²) in [7, 11) is 0. The highest BCUT2D eigenvalue weighted by Gasteiger charge is 2.47. The maximum Gasteiger partial charge on any atom is 0.255 e. The molecule has 0 radical (unpaired) electrons. The number of aryl methyl sites for hydroxylation is 1. The van der Waals surface area contributed by atoms with Gasteiger partial charge >= 0.3 is 0 Å². The van der Waals surface area contributed by atoms with Crippen LogP contribution in [-0.4, -0.2) is 52.2 Å². The summed E-state index contributed by atoms with van der Waals surface area (Å²) < 4.78 is 25.4. The van der Waals surface area contributed by atoms with Crippen molar-refractivity contribution >= 4 is 5.91 Å². The lowest BCUT2D eigenvalue weighted by molar-refractivity contribution is 0.00976. The second kappa shape index (κ2) is 7.23. The number of likely N-dealkylation sites (tertiary alicyclic amines) is 1. The SMILES string of the molecule is CCc1ccc(C(=O)N2CC[C@]3(C[C@@H](Oc4ncccc4F)CO3)C2)cn1. The Morgan fingerprint density at radius 1 is 1.41 bits per heavy atom. The van der Waals surface area contributed by atoms with Gasteiger partial charge in [0.05, 0.1) is 24.3 Å². The Balaban J connectivity index is 1.38. The molecule has 2 saturated heterocycles. The molecule has 0 unspecified atom stereocenters. The van der Waals surface area contributed by atoms with Crippen LogP contribution < -0.4 is 4.74 Å². The Hall–Kier alpha value is -2.54. The quantitative estimate of drug-likeness (QED) is 0.827. The molecule has 0 aliphatic carbocycles. The first-order chi connectivity index (χ1) is 13.1. The lowest BCUT2D eigenvalue weighted by Crippen LogP contribution is -2.36. The molecule has 0 N–H and O–H groups in total. The van der Waals surface area contributed by atoms with Crippen molar-refractivity contribution in [2.24, 2.45) is 0 Å². The molecule has 0 saturated carbocycles. The van der Waals surface area contributed by atoms with Crippen molar-refractivity contribution in [3.8, 4) is 5.88 Å². The molecule has 2 atom stereocenters. The van der Waals surface area contributed by atoms with E-state index in [0.29, 0.717) is 31.7 Å². The molecule has 7 heteroatoms. The van der Waals surface area contributed by atoms with Crippen LogP contribution in [-0.2, 0) is 11.2 Å². The molecule has 27 heavy (non-hydrogen) atoms. The number of halogens is 1. The normalized spacial score (nSPS) is 24.5. The second-order valence-electron chi connectivity index (χ2n) is 7.10. The van der Waals surface area contributed by atoms with Crippen LogP contribution >= 0.6 is 0 Å². The third kappa shape index (κ3) is 3.64. The number of pyridine rings is 2. The molecule has 2 aliphatic heterocycles. The number of rotatable bonds is 4. The van der Waals surface area contributed by atoms with Crippen molar-refractivity contribution in [1.29, 1.82) is 0 Å². The third-order valence-electron chi connectivity index (χ3n) is 5.22. The van der Waals surface area contributed by atoms with E-state index in [2.05, 4.69) is 9.97 Å². The van der Waals surface area contributed by atoms with Gasteiger partial charge in [-0.05, 0) is 37.1 Å². The number of amides is 1. The van der Waals surface area contributed by atoms with E-state index in [1.165, 1.54) is 18.3 Å². The van der Waals surface area contributed by atoms with Crippen molar-refractivity contribution in [2.45, 2.75) is 37.9 Å². The molecule has 2 aromatic heterocycles. The molecular formula is C20H22FN3O3. The van der Waals surface area contributed by atoms with Crippen LogP contribution in [0, 0.1) is 5.82 Å². The highest BCUT2D eigenvalue weighted by atomic mass is 19.1. The summed E-state index contributed by atoms with van der Waals surface area (Å²) in [5, 5.41) is 0. The van der Waals surface area contributed by atoms with Gasteiger partial charge < -0.3 is 14.4 Å². The van der Waals surface area contributed by atoms with Crippen LogP contribution in [0.1, 0.15) is 35.8 Å². The number of carbonyl (C=O) groups is 1. The Kier molecular flexibility index (Phi) is 4.78. The first kappa shape index (κ1) is 17.9. The minimum Gasteiger partial charge on any atom is -0.470 e. The number of carbonyl (C=O) groups excluding carboxylic acids is 1. The van der Waals surface area contributed by atoms with Crippen LogP contribution in [0.2, 0.25) is 0 Å². The zero-order valence-electron chi connectivity index (χ0n) is 15.2. The van der Waals surface area contributed by atoms with E-state index in [1.807, 2.05) is 19.1 Å². The zero-order chi connectivity index (χ0) is 18.9. The standard InChI is InChI=1S/C20H22FN3O3/c1-2-15-6-5-14(11-23-15)19(25)24-9-7-20(13-24)10-16(12-26-20)27-18-17(21)4-3-8-22-18/h3-6,8,11,16H,2,7,9-10,12-13H2,1H3/t16-,20+/m1/s1. The lowest BCUT2D eigenvalue weighted by Gasteiger charge is -2.23. The van der Waals surface area contributed by atoms with E-state index < -0.39 is 11.4 Å². The second-order valence-corrected chi connectivity index (χ2v) is 7.10. The van der Waals surface area contributed by atoms with Gasteiger partial charge in [0, 0.05) is 31.1 Å². The average molecular weight is 371 g/mol. The van der Waals surface area contributed by atoms with E-state index in [0.717, 1.165) is 18.5 Å². The van der Waals surface area contributed by atoms with Crippen LogP contribution in [0.15, 0.2) is 36.7 Å². The van der Waals surface area contributed by atoms with Gasteiger partial charge in [-0.15, -0.1) is 0 Å². The fraction of sp³-hybridized carbons (Fsp3) is 0.450. The van der Waals surface area contributed by atoms with Gasteiger partial charge in [-0.25, -0.2) is 9.37 Å². The Morgan fingerprint density at radius 2 is 2.30 bits per heavy atom. The molecule has 6 nitrogen and oxygen atoms in total. The van der Waals surface area contributed by atoms with E-state index in [-0.39, 0.29) is 17.9 Å². The molecule has 2 aliphatic rings. The summed E-state index contributed by atoms with van der Waals surface area (Å²) in [5.74, 6) is -0.522. The molecule has 2 fully saturated rings. The topological polar surface area (TPSA) is 64.6 Å². The summed E-state index contributed by atoms with van der Waals surface area (Å²) in [6, 6.07) is 6.56. The van der Waals surface area contributed by atoms with Gasteiger partial charge in [0.25, 0.3) is 11.8 Å². The highest BCUT2D eigenvalue weighted by molar-refractivity contribution is 5.94. The molecule has 1 spiro atoms. The smallest absolute Gasteiger partial charge is 0.255 e. The van der Waals surface area contributed by atoms with Gasteiger partial charge in [0.1, 0.15) is 6.10 Å². The largest absolute Gasteiger partial charge is 0.470 e. The van der Waals surface area contributed by atoms with Crippen molar-refractivity contribution < 1.29 is 18.7 Å². The van der Waals surface area contributed by atoms with Gasteiger partial charge in [-0.3, -0.25) is 9.78 Å². The maximum atomic E-state index is 13.7. The van der Waals surface area contributed by atoms with E-state index in [1.54, 1.807) is 11.1 Å². The fourth-order valence-electron chi connectivity index (χ4n) is 3.74. The number of hydrogen-bond donors (Lipinski definition) is 0. The minimum atomic E-state index is -0.482.